The maximum atomic E-state index is 12.2. The molecule has 0 radical (unpaired) electrons. The summed E-state index contributed by atoms with van der Waals surface area (Å²) >= 11 is 5.21. The standard InChI is InChI=1S/C12H16BrNOS/c1-8-6-11(16-9(8)2)12(15)14-5-3-4-10(13)7-14/h6,10H,3-5,7H2,1-2H3. The monoisotopic (exact) mass is 301 g/mol. The van der Waals surface area contributed by atoms with Crippen LogP contribution in [-0.2, 0) is 0 Å². The van der Waals surface area contributed by atoms with E-state index >= 15 is 0 Å². The maximum absolute atomic E-state index is 12.2. The predicted octanol–water partition coefficient (Wildman–Crippen LogP) is 3.36. The number of likely N-dealkylation sites (tertiary alicyclic amines) is 1. The van der Waals surface area contributed by atoms with Crippen LogP contribution in [0.2, 0.25) is 0 Å². The van der Waals surface area contributed by atoms with Crippen molar-refractivity contribution in [3.05, 3.63) is 21.4 Å². The number of hydrogen-bond donors (Lipinski definition) is 0. The molecule has 16 heavy (non-hydrogen) atoms. The summed E-state index contributed by atoms with van der Waals surface area (Å²) < 4.78 is 0. The topological polar surface area (TPSA) is 20.3 Å². The Morgan fingerprint density at radius 3 is 2.88 bits per heavy atom. The number of rotatable bonds is 1. The zero-order chi connectivity index (χ0) is 11.7. The van der Waals surface area contributed by atoms with E-state index < -0.39 is 0 Å². The molecule has 1 aliphatic heterocycles. The first-order valence-corrected chi connectivity index (χ1v) is 7.31. The first-order chi connectivity index (χ1) is 7.58. The third-order valence-corrected chi connectivity index (χ3v) is 4.92. The van der Waals surface area contributed by atoms with Crippen LogP contribution in [-0.4, -0.2) is 28.7 Å². The number of carbonyl (C=O) groups excluding carboxylic acids is 1. The molecule has 0 aromatic carbocycles. The Hall–Kier alpha value is -0.350. The van der Waals surface area contributed by atoms with Crippen molar-refractivity contribution in [3.8, 4) is 0 Å². The molecule has 2 rings (SSSR count). The van der Waals surface area contributed by atoms with Crippen molar-refractivity contribution in [2.75, 3.05) is 13.1 Å². The van der Waals surface area contributed by atoms with Crippen LogP contribution in [0.4, 0.5) is 0 Å². The van der Waals surface area contributed by atoms with Crippen LogP contribution in [0, 0.1) is 13.8 Å². The molecule has 4 heteroatoms. The van der Waals surface area contributed by atoms with Crippen LogP contribution in [0.25, 0.3) is 0 Å². The predicted molar refractivity (Wildman–Crippen MR) is 71.6 cm³/mol. The molecule has 1 aromatic heterocycles. The molecule has 0 bridgehead atoms. The fraction of sp³-hybridized carbons (Fsp3) is 0.583. The summed E-state index contributed by atoms with van der Waals surface area (Å²) in [5.41, 5.74) is 1.22. The van der Waals surface area contributed by atoms with Crippen molar-refractivity contribution in [1.29, 1.82) is 0 Å². The molecule has 1 aromatic rings. The Morgan fingerprint density at radius 1 is 1.56 bits per heavy atom. The summed E-state index contributed by atoms with van der Waals surface area (Å²) in [5, 5.41) is 0. The van der Waals surface area contributed by atoms with E-state index in [-0.39, 0.29) is 5.91 Å². The van der Waals surface area contributed by atoms with E-state index in [1.54, 1.807) is 11.3 Å². The van der Waals surface area contributed by atoms with Gasteiger partial charge in [0.25, 0.3) is 5.91 Å². The van der Waals surface area contributed by atoms with Crippen LogP contribution in [0.1, 0.15) is 33.0 Å². The Kier molecular flexibility index (Phi) is 3.70. The molecule has 1 aliphatic rings. The van der Waals surface area contributed by atoms with Gasteiger partial charge < -0.3 is 4.90 Å². The summed E-state index contributed by atoms with van der Waals surface area (Å²) in [6.45, 7) is 5.87. The molecule has 0 N–H and O–H groups in total. The zero-order valence-corrected chi connectivity index (χ0v) is 12.0. The van der Waals surface area contributed by atoms with Gasteiger partial charge in [-0.3, -0.25) is 4.79 Å². The van der Waals surface area contributed by atoms with Crippen molar-refractivity contribution in [2.45, 2.75) is 31.5 Å². The van der Waals surface area contributed by atoms with E-state index in [1.807, 2.05) is 11.0 Å². The molecule has 1 fully saturated rings. The highest BCUT2D eigenvalue weighted by molar-refractivity contribution is 9.09. The third-order valence-electron chi connectivity index (χ3n) is 3.03. The quantitative estimate of drug-likeness (QED) is 0.728. The molecular weight excluding hydrogens is 286 g/mol. The van der Waals surface area contributed by atoms with Gasteiger partial charge in [-0.05, 0) is 38.3 Å². The molecule has 1 saturated heterocycles. The lowest BCUT2D eigenvalue weighted by molar-refractivity contribution is 0.0735. The number of amides is 1. The number of piperidine rings is 1. The van der Waals surface area contributed by atoms with Gasteiger partial charge in [-0.15, -0.1) is 11.3 Å². The number of carbonyl (C=O) groups is 1. The molecule has 0 aliphatic carbocycles. The minimum absolute atomic E-state index is 0.199. The average molecular weight is 302 g/mol. The van der Waals surface area contributed by atoms with Crippen LogP contribution >= 0.6 is 27.3 Å². The molecule has 2 nitrogen and oxygen atoms in total. The molecule has 0 spiro atoms. The lowest BCUT2D eigenvalue weighted by atomic mass is 10.1. The Morgan fingerprint density at radius 2 is 2.31 bits per heavy atom. The molecule has 88 valence electrons. The van der Waals surface area contributed by atoms with Crippen molar-refractivity contribution in [2.24, 2.45) is 0 Å². The second-order valence-corrected chi connectivity index (χ2v) is 6.89. The van der Waals surface area contributed by atoms with E-state index in [2.05, 4.69) is 29.8 Å². The van der Waals surface area contributed by atoms with Gasteiger partial charge in [0, 0.05) is 22.8 Å². The second-order valence-electron chi connectivity index (χ2n) is 4.34. The SMILES string of the molecule is Cc1cc(C(=O)N2CCCC(Br)C2)sc1C. The molecule has 0 saturated carbocycles. The number of nitrogens with zero attached hydrogens (tertiary/aromatic N) is 1. The van der Waals surface area contributed by atoms with E-state index in [0.29, 0.717) is 4.83 Å². The molecule has 2 heterocycles. The van der Waals surface area contributed by atoms with Crippen LogP contribution < -0.4 is 0 Å². The average Bonchev–Trinajstić information content (AvgIpc) is 2.58. The first-order valence-electron chi connectivity index (χ1n) is 5.58. The largest absolute Gasteiger partial charge is 0.337 e. The normalized spacial score (nSPS) is 21.2. The van der Waals surface area contributed by atoms with E-state index in [0.717, 1.165) is 24.4 Å². The second kappa shape index (κ2) is 4.88. The van der Waals surface area contributed by atoms with Crippen molar-refractivity contribution < 1.29 is 4.79 Å². The molecule has 1 amide bonds. The summed E-state index contributed by atoms with van der Waals surface area (Å²) in [6.07, 6.45) is 2.28. The Labute approximate surface area is 109 Å². The lowest BCUT2D eigenvalue weighted by Gasteiger charge is -2.29. The van der Waals surface area contributed by atoms with Gasteiger partial charge in [0.15, 0.2) is 0 Å². The van der Waals surface area contributed by atoms with E-state index in [4.69, 9.17) is 0 Å². The Balaban J connectivity index is 2.12. The number of alkyl halides is 1. The molecular formula is C12H16BrNOS. The fourth-order valence-electron chi connectivity index (χ4n) is 1.94. The van der Waals surface area contributed by atoms with Gasteiger partial charge in [0.05, 0.1) is 4.88 Å². The lowest BCUT2D eigenvalue weighted by Crippen LogP contribution is -2.39. The van der Waals surface area contributed by atoms with Gasteiger partial charge in [0.2, 0.25) is 0 Å². The van der Waals surface area contributed by atoms with Crippen LogP contribution in [0.15, 0.2) is 6.07 Å². The van der Waals surface area contributed by atoms with Gasteiger partial charge in [-0.2, -0.15) is 0 Å². The van der Waals surface area contributed by atoms with Crippen LogP contribution in [0.3, 0.4) is 0 Å². The minimum Gasteiger partial charge on any atom is -0.337 e. The summed E-state index contributed by atoms with van der Waals surface area (Å²) in [7, 11) is 0. The van der Waals surface area contributed by atoms with Crippen molar-refractivity contribution in [1.82, 2.24) is 4.90 Å². The Bertz CT molecular complexity index is 382. The van der Waals surface area contributed by atoms with Crippen molar-refractivity contribution >= 4 is 33.2 Å². The van der Waals surface area contributed by atoms with Crippen molar-refractivity contribution in [3.63, 3.8) is 0 Å². The van der Waals surface area contributed by atoms with Gasteiger partial charge in [-0.25, -0.2) is 0 Å². The maximum Gasteiger partial charge on any atom is 0.263 e. The van der Waals surface area contributed by atoms with Crippen LogP contribution in [0.5, 0.6) is 0 Å². The highest BCUT2D eigenvalue weighted by Gasteiger charge is 2.24. The number of thiophene rings is 1. The molecule has 1 unspecified atom stereocenters. The van der Waals surface area contributed by atoms with E-state index in [9.17, 15) is 4.79 Å². The van der Waals surface area contributed by atoms with Gasteiger partial charge >= 0.3 is 0 Å². The minimum atomic E-state index is 0.199. The van der Waals surface area contributed by atoms with E-state index in [1.165, 1.54) is 16.9 Å². The van der Waals surface area contributed by atoms with Gasteiger partial charge in [-0.1, -0.05) is 15.9 Å². The molecule has 1 atom stereocenters. The number of halogens is 1. The third kappa shape index (κ3) is 2.48. The summed E-state index contributed by atoms with van der Waals surface area (Å²) in [5.74, 6) is 0.199. The first kappa shape index (κ1) is 12.1. The number of hydrogen-bond acceptors (Lipinski definition) is 2. The highest BCUT2D eigenvalue weighted by atomic mass is 79.9. The van der Waals surface area contributed by atoms with Gasteiger partial charge in [0.1, 0.15) is 0 Å². The smallest absolute Gasteiger partial charge is 0.263 e. The zero-order valence-electron chi connectivity index (χ0n) is 9.62. The number of aryl methyl sites for hydroxylation is 2. The summed E-state index contributed by atoms with van der Waals surface area (Å²) in [6, 6.07) is 2.01. The summed E-state index contributed by atoms with van der Waals surface area (Å²) in [4.78, 5) is 16.8. The fourth-order valence-corrected chi connectivity index (χ4v) is 3.62. The highest BCUT2D eigenvalue weighted by Crippen LogP contribution is 2.24.